The molecule has 0 bridgehead atoms. The second-order valence-electron chi connectivity index (χ2n) is 4.14. The summed E-state index contributed by atoms with van der Waals surface area (Å²) in [5.41, 5.74) is 5.96. The number of fused-ring (bicyclic) bond motifs is 1. The van der Waals surface area contributed by atoms with Crippen molar-refractivity contribution in [3.05, 3.63) is 17.4 Å². The predicted octanol–water partition coefficient (Wildman–Crippen LogP) is 1.75. The van der Waals surface area contributed by atoms with E-state index in [1.54, 1.807) is 0 Å². The maximum absolute atomic E-state index is 13.6. The highest BCUT2D eigenvalue weighted by atomic mass is 19.1. The molecule has 0 aromatic heterocycles. The Hall–Kier alpha value is -1.49. The maximum Gasteiger partial charge on any atom is 0.169 e. The quantitative estimate of drug-likeness (QED) is 0.828. The van der Waals surface area contributed by atoms with Gasteiger partial charge in [0.1, 0.15) is 0 Å². The molecule has 1 aromatic rings. The molecule has 5 heteroatoms. The first-order valence-electron chi connectivity index (χ1n) is 5.66. The van der Waals surface area contributed by atoms with Gasteiger partial charge in [-0.05, 0) is 6.54 Å². The van der Waals surface area contributed by atoms with Crippen LogP contribution in [0.15, 0.2) is 6.07 Å². The SMILES string of the molecule is CC(CN)c1c(O)c(F)cc2c1OCCCO2. The number of ether oxygens (including phenoxy) is 2. The van der Waals surface area contributed by atoms with E-state index in [2.05, 4.69) is 0 Å². The molecule has 4 nitrogen and oxygen atoms in total. The molecule has 94 valence electrons. The third-order valence-corrected chi connectivity index (χ3v) is 2.85. The lowest BCUT2D eigenvalue weighted by Crippen LogP contribution is -2.11. The molecule has 1 aromatic carbocycles. The summed E-state index contributed by atoms with van der Waals surface area (Å²) in [7, 11) is 0. The van der Waals surface area contributed by atoms with Crippen molar-refractivity contribution in [2.75, 3.05) is 19.8 Å². The van der Waals surface area contributed by atoms with Gasteiger partial charge in [-0.25, -0.2) is 4.39 Å². The highest BCUT2D eigenvalue weighted by Gasteiger charge is 2.25. The van der Waals surface area contributed by atoms with Crippen LogP contribution in [0, 0.1) is 5.82 Å². The van der Waals surface area contributed by atoms with Crippen molar-refractivity contribution in [1.82, 2.24) is 0 Å². The molecule has 0 radical (unpaired) electrons. The summed E-state index contributed by atoms with van der Waals surface area (Å²) in [4.78, 5) is 0. The zero-order valence-corrected chi connectivity index (χ0v) is 9.70. The van der Waals surface area contributed by atoms with E-state index in [1.165, 1.54) is 0 Å². The van der Waals surface area contributed by atoms with Crippen LogP contribution >= 0.6 is 0 Å². The number of phenolic OH excluding ortho intramolecular Hbond substituents is 1. The van der Waals surface area contributed by atoms with E-state index >= 15 is 0 Å². The minimum Gasteiger partial charge on any atom is -0.505 e. The molecule has 2 rings (SSSR count). The molecule has 0 saturated carbocycles. The summed E-state index contributed by atoms with van der Waals surface area (Å²) in [5, 5.41) is 9.78. The fourth-order valence-electron chi connectivity index (χ4n) is 1.86. The number of hydrogen-bond donors (Lipinski definition) is 2. The average molecular weight is 241 g/mol. The van der Waals surface area contributed by atoms with Crippen molar-refractivity contribution in [3.8, 4) is 17.2 Å². The number of nitrogens with two attached hydrogens (primary N) is 1. The first kappa shape index (κ1) is 12.0. The van der Waals surface area contributed by atoms with Crippen molar-refractivity contribution in [2.45, 2.75) is 19.3 Å². The Labute approximate surface area is 99.1 Å². The van der Waals surface area contributed by atoms with Crippen LogP contribution in [0.5, 0.6) is 17.2 Å². The highest BCUT2D eigenvalue weighted by Crippen LogP contribution is 2.44. The molecule has 1 atom stereocenters. The smallest absolute Gasteiger partial charge is 0.169 e. The Morgan fingerprint density at radius 3 is 2.88 bits per heavy atom. The molecule has 0 saturated heterocycles. The molecular weight excluding hydrogens is 225 g/mol. The normalized spacial score (nSPS) is 16.4. The third kappa shape index (κ3) is 2.15. The number of aromatic hydroxyl groups is 1. The second-order valence-corrected chi connectivity index (χ2v) is 4.14. The summed E-state index contributed by atoms with van der Waals surface area (Å²) < 4.78 is 24.5. The standard InChI is InChI=1S/C12H16FNO3/c1-7(6-14)10-11(15)8(13)5-9-12(10)17-4-2-3-16-9/h5,7,15H,2-4,6,14H2,1H3. The Balaban J connectivity index is 2.57. The molecule has 0 amide bonds. The van der Waals surface area contributed by atoms with Gasteiger partial charge in [0.05, 0.1) is 13.2 Å². The number of benzene rings is 1. The van der Waals surface area contributed by atoms with E-state index in [-0.39, 0.29) is 5.92 Å². The molecule has 1 heterocycles. The first-order valence-corrected chi connectivity index (χ1v) is 5.66. The number of hydrogen-bond acceptors (Lipinski definition) is 4. The molecule has 1 unspecified atom stereocenters. The van der Waals surface area contributed by atoms with Gasteiger partial charge in [0.2, 0.25) is 0 Å². The predicted molar refractivity (Wildman–Crippen MR) is 61.1 cm³/mol. The second kappa shape index (κ2) is 4.79. The monoisotopic (exact) mass is 241 g/mol. The topological polar surface area (TPSA) is 64.7 Å². The van der Waals surface area contributed by atoms with E-state index in [9.17, 15) is 9.50 Å². The number of phenols is 1. The summed E-state index contributed by atoms with van der Waals surface area (Å²) >= 11 is 0. The lowest BCUT2D eigenvalue weighted by molar-refractivity contribution is 0.295. The zero-order chi connectivity index (χ0) is 12.4. The van der Waals surface area contributed by atoms with Crippen molar-refractivity contribution >= 4 is 0 Å². The maximum atomic E-state index is 13.6. The van der Waals surface area contributed by atoms with Crippen molar-refractivity contribution < 1.29 is 19.0 Å². The molecule has 17 heavy (non-hydrogen) atoms. The molecule has 0 aliphatic carbocycles. The molecule has 0 spiro atoms. The fraction of sp³-hybridized carbons (Fsp3) is 0.500. The largest absolute Gasteiger partial charge is 0.505 e. The third-order valence-electron chi connectivity index (χ3n) is 2.85. The van der Waals surface area contributed by atoms with E-state index < -0.39 is 11.6 Å². The van der Waals surface area contributed by atoms with Crippen LogP contribution < -0.4 is 15.2 Å². The van der Waals surface area contributed by atoms with Gasteiger partial charge in [0, 0.05) is 24.0 Å². The first-order chi connectivity index (χ1) is 8.15. The van der Waals surface area contributed by atoms with E-state index in [4.69, 9.17) is 15.2 Å². The van der Waals surface area contributed by atoms with Crippen molar-refractivity contribution in [1.29, 1.82) is 0 Å². The van der Waals surface area contributed by atoms with Gasteiger partial charge in [0.15, 0.2) is 23.1 Å². The van der Waals surface area contributed by atoms with Gasteiger partial charge in [-0.1, -0.05) is 6.92 Å². The van der Waals surface area contributed by atoms with E-state index in [1.807, 2.05) is 6.92 Å². The lowest BCUT2D eigenvalue weighted by Gasteiger charge is -2.18. The van der Waals surface area contributed by atoms with Gasteiger partial charge in [-0.2, -0.15) is 0 Å². The summed E-state index contributed by atoms with van der Waals surface area (Å²) in [6.45, 7) is 3.08. The van der Waals surface area contributed by atoms with Crippen molar-refractivity contribution in [3.63, 3.8) is 0 Å². The number of halogens is 1. The summed E-state index contributed by atoms with van der Waals surface area (Å²) in [6, 6.07) is 1.16. The van der Waals surface area contributed by atoms with Gasteiger partial charge < -0.3 is 20.3 Å². The van der Waals surface area contributed by atoms with Crippen LogP contribution in [0.1, 0.15) is 24.8 Å². The molecule has 3 N–H and O–H groups in total. The number of rotatable bonds is 2. The minimum atomic E-state index is -0.704. The van der Waals surface area contributed by atoms with Gasteiger partial charge >= 0.3 is 0 Å². The Bertz CT molecular complexity index is 423. The van der Waals surface area contributed by atoms with Crippen molar-refractivity contribution in [2.24, 2.45) is 5.73 Å². The molecular formula is C12H16FNO3. The van der Waals surface area contributed by atoms with Crippen LogP contribution in [0.25, 0.3) is 0 Å². The lowest BCUT2D eigenvalue weighted by atomic mass is 9.98. The average Bonchev–Trinajstić information content (AvgIpc) is 2.55. The van der Waals surface area contributed by atoms with Crippen LogP contribution in [0.4, 0.5) is 4.39 Å². The fourth-order valence-corrected chi connectivity index (χ4v) is 1.86. The molecule has 0 fully saturated rings. The van der Waals surface area contributed by atoms with Crippen LogP contribution in [-0.4, -0.2) is 24.9 Å². The summed E-state index contributed by atoms with van der Waals surface area (Å²) in [5.74, 6) is -0.537. The van der Waals surface area contributed by atoms with Crippen LogP contribution in [0.3, 0.4) is 0 Å². The van der Waals surface area contributed by atoms with Gasteiger partial charge in [0.25, 0.3) is 0 Å². The Kier molecular flexibility index (Phi) is 3.38. The Morgan fingerprint density at radius 1 is 1.47 bits per heavy atom. The van der Waals surface area contributed by atoms with Gasteiger partial charge in [-0.15, -0.1) is 0 Å². The molecule has 1 aliphatic heterocycles. The van der Waals surface area contributed by atoms with E-state index in [0.29, 0.717) is 36.8 Å². The summed E-state index contributed by atoms with van der Waals surface area (Å²) in [6.07, 6.45) is 0.730. The zero-order valence-electron chi connectivity index (χ0n) is 9.70. The molecule has 1 aliphatic rings. The Morgan fingerprint density at radius 2 is 2.18 bits per heavy atom. The van der Waals surface area contributed by atoms with Crippen LogP contribution in [-0.2, 0) is 0 Å². The minimum absolute atomic E-state index is 0.193. The highest BCUT2D eigenvalue weighted by molar-refractivity contribution is 5.56. The van der Waals surface area contributed by atoms with Gasteiger partial charge in [-0.3, -0.25) is 0 Å². The van der Waals surface area contributed by atoms with Crippen LogP contribution in [0.2, 0.25) is 0 Å². The van der Waals surface area contributed by atoms with E-state index in [0.717, 1.165) is 12.5 Å².